The molecule has 1 aromatic heterocycles. The number of rotatable bonds is 10. The van der Waals surface area contributed by atoms with Crippen LogP contribution in [0, 0.1) is 4.77 Å². The van der Waals surface area contributed by atoms with Crippen LogP contribution in [0.1, 0.15) is 33.9 Å². The second-order valence-electron chi connectivity index (χ2n) is 8.75. The number of carbonyl (C=O) groups is 1. The van der Waals surface area contributed by atoms with Crippen LogP contribution in [-0.2, 0) is 23.4 Å². The molecular weight excluding hydrogens is 513 g/mol. The Morgan fingerprint density at radius 3 is 2.58 bits per heavy atom. The Morgan fingerprint density at radius 2 is 1.97 bits per heavy atom. The minimum absolute atomic E-state index is 0.0289. The van der Waals surface area contributed by atoms with Crippen LogP contribution < -0.4 is 15.2 Å². The summed E-state index contributed by atoms with van der Waals surface area (Å²) < 4.78 is 37.0. The molecule has 3 rings (SSSR count). The number of benzene rings is 1. The fourth-order valence-corrected chi connectivity index (χ4v) is 5.25. The Hall–Kier alpha value is -2.38. The highest BCUT2D eigenvalue weighted by Crippen LogP contribution is 2.47. The van der Waals surface area contributed by atoms with E-state index in [-0.39, 0.29) is 10.5 Å². The molecule has 198 valence electrons. The second-order valence-corrected chi connectivity index (χ2v) is 10.8. The number of ether oxygens (including phenoxy) is 2. The zero-order chi connectivity index (χ0) is 26.7. The third-order valence-electron chi connectivity index (χ3n) is 5.29. The molecule has 0 spiro atoms. The van der Waals surface area contributed by atoms with Crippen LogP contribution in [0.25, 0.3) is 0 Å². The SMILES string of the molecule is CC(C)OC(=O)[C@H](C)N[P@@](=O)(OC[C@H]1O[C@@H](n2ccc(=O)[nH]c2=S)[C@](C)(O)[C@@H]1O)Oc1ccccc1. The summed E-state index contributed by atoms with van der Waals surface area (Å²) in [4.78, 5) is 26.2. The van der Waals surface area contributed by atoms with E-state index < -0.39 is 62.1 Å². The monoisotopic (exact) mass is 543 g/mol. The van der Waals surface area contributed by atoms with Crippen LogP contribution in [-0.4, -0.2) is 62.3 Å². The predicted molar refractivity (Wildman–Crippen MR) is 131 cm³/mol. The second kappa shape index (κ2) is 11.3. The Morgan fingerprint density at radius 1 is 1.31 bits per heavy atom. The number of hydrogen-bond acceptors (Lipinski definition) is 10. The van der Waals surface area contributed by atoms with E-state index in [1.165, 1.54) is 30.7 Å². The first-order chi connectivity index (χ1) is 16.8. The Kier molecular flexibility index (Phi) is 8.88. The van der Waals surface area contributed by atoms with Crippen molar-refractivity contribution in [1.29, 1.82) is 0 Å². The molecule has 1 fully saturated rings. The molecule has 0 radical (unpaired) electrons. The van der Waals surface area contributed by atoms with Gasteiger partial charge in [-0.2, -0.15) is 5.09 Å². The number of nitrogens with one attached hydrogen (secondary N) is 2. The average Bonchev–Trinajstić information content (AvgIpc) is 3.01. The number of hydrogen-bond donors (Lipinski definition) is 4. The normalized spacial score (nSPS) is 26.4. The molecule has 0 unspecified atom stereocenters. The van der Waals surface area contributed by atoms with E-state index in [1.807, 2.05) is 0 Å². The highest BCUT2D eigenvalue weighted by Gasteiger charge is 2.53. The van der Waals surface area contributed by atoms with Crippen molar-refractivity contribution in [1.82, 2.24) is 14.6 Å². The van der Waals surface area contributed by atoms with Gasteiger partial charge in [0.2, 0.25) is 0 Å². The first-order valence-electron chi connectivity index (χ1n) is 11.2. The molecule has 6 atom stereocenters. The summed E-state index contributed by atoms with van der Waals surface area (Å²) in [7, 11) is -4.22. The van der Waals surface area contributed by atoms with Crippen LogP contribution in [0.3, 0.4) is 0 Å². The number of carbonyl (C=O) groups excluding carboxylic acids is 1. The first kappa shape index (κ1) is 28.2. The van der Waals surface area contributed by atoms with Crippen LogP contribution in [0.15, 0.2) is 47.4 Å². The number of aliphatic hydroxyl groups excluding tert-OH is 1. The van der Waals surface area contributed by atoms with Gasteiger partial charge in [-0.1, -0.05) is 18.2 Å². The molecule has 2 heterocycles. The van der Waals surface area contributed by atoms with Crippen molar-refractivity contribution in [2.75, 3.05) is 6.61 Å². The Balaban J connectivity index is 1.80. The predicted octanol–water partition coefficient (Wildman–Crippen LogP) is 2.05. The van der Waals surface area contributed by atoms with Gasteiger partial charge in [-0.15, -0.1) is 0 Å². The molecular formula is C22H30N3O9PS. The molecule has 0 aliphatic carbocycles. The summed E-state index contributed by atoms with van der Waals surface area (Å²) in [6.45, 7) is 5.63. The van der Waals surface area contributed by atoms with Gasteiger partial charge in [-0.3, -0.25) is 23.7 Å². The number of para-hydroxylation sites is 1. The van der Waals surface area contributed by atoms with E-state index in [9.17, 15) is 24.4 Å². The molecule has 0 saturated carbocycles. The number of aliphatic hydroxyl groups is 2. The minimum Gasteiger partial charge on any atom is -0.462 e. The van der Waals surface area contributed by atoms with Crippen molar-refractivity contribution >= 4 is 25.9 Å². The van der Waals surface area contributed by atoms with Gasteiger partial charge in [0.25, 0.3) is 5.56 Å². The topological polar surface area (TPSA) is 161 Å². The fourth-order valence-electron chi connectivity index (χ4n) is 3.50. The maximum Gasteiger partial charge on any atom is 0.459 e. The van der Waals surface area contributed by atoms with Crippen LogP contribution in [0.4, 0.5) is 0 Å². The highest BCUT2D eigenvalue weighted by atomic mass is 32.1. The van der Waals surface area contributed by atoms with Crippen molar-refractivity contribution in [3.05, 3.63) is 57.7 Å². The zero-order valence-electron chi connectivity index (χ0n) is 20.2. The van der Waals surface area contributed by atoms with Gasteiger partial charge in [-0.05, 0) is 52.0 Å². The summed E-state index contributed by atoms with van der Waals surface area (Å²) in [5.41, 5.74) is -2.29. The van der Waals surface area contributed by atoms with Crippen molar-refractivity contribution in [2.24, 2.45) is 0 Å². The summed E-state index contributed by atoms with van der Waals surface area (Å²) >= 11 is 5.14. The van der Waals surface area contributed by atoms with Crippen molar-refractivity contribution in [2.45, 2.75) is 63.9 Å². The molecule has 36 heavy (non-hydrogen) atoms. The molecule has 0 amide bonds. The van der Waals surface area contributed by atoms with E-state index in [1.54, 1.807) is 44.2 Å². The summed E-state index contributed by atoms with van der Waals surface area (Å²) in [6.07, 6.45) is -2.93. The van der Waals surface area contributed by atoms with Crippen LogP contribution in [0.2, 0.25) is 0 Å². The number of esters is 1. The highest BCUT2D eigenvalue weighted by molar-refractivity contribution is 7.71. The minimum atomic E-state index is -4.22. The third-order valence-corrected chi connectivity index (χ3v) is 7.25. The van der Waals surface area contributed by atoms with E-state index in [4.69, 9.17) is 30.7 Å². The Labute approximate surface area is 212 Å². The smallest absolute Gasteiger partial charge is 0.459 e. The van der Waals surface area contributed by atoms with Gasteiger partial charge in [0, 0.05) is 12.3 Å². The van der Waals surface area contributed by atoms with Crippen molar-refractivity contribution in [3.63, 3.8) is 0 Å². The van der Waals surface area contributed by atoms with Gasteiger partial charge in [-0.25, -0.2) is 4.57 Å². The lowest BCUT2D eigenvalue weighted by Gasteiger charge is -2.28. The zero-order valence-corrected chi connectivity index (χ0v) is 21.9. The maximum absolute atomic E-state index is 13.6. The molecule has 0 bridgehead atoms. The summed E-state index contributed by atoms with van der Waals surface area (Å²) in [5, 5.41) is 24.2. The van der Waals surface area contributed by atoms with Crippen LogP contribution in [0.5, 0.6) is 5.75 Å². The van der Waals surface area contributed by atoms with Crippen molar-refractivity contribution in [3.8, 4) is 5.75 Å². The summed E-state index contributed by atoms with van der Waals surface area (Å²) in [6, 6.07) is 8.29. The molecule has 1 saturated heterocycles. The maximum atomic E-state index is 13.6. The fraction of sp³-hybridized carbons (Fsp3) is 0.500. The number of aromatic nitrogens is 2. The molecule has 4 N–H and O–H groups in total. The van der Waals surface area contributed by atoms with Gasteiger partial charge in [0.05, 0.1) is 12.7 Å². The van der Waals surface area contributed by atoms with Gasteiger partial charge in [0.1, 0.15) is 29.6 Å². The molecule has 12 nitrogen and oxygen atoms in total. The third kappa shape index (κ3) is 6.68. The lowest BCUT2D eigenvalue weighted by molar-refractivity contribution is -0.149. The number of aromatic amines is 1. The van der Waals surface area contributed by atoms with Crippen molar-refractivity contribution < 1.29 is 38.1 Å². The van der Waals surface area contributed by atoms with E-state index in [2.05, 4.69) is 10.1 Å². The van der Waals surface area contributed by atoms with Gasteiger partial charge in [0.15, 0.2) is 11.0 Å². The molecule has 1 aliphatic heterocycles. The standard InChI is InChI=1S/C22H30N3O9PS/c1-13(2)32-19(28)14(3)24-35(30,34-15-8-6-5-7-9-15)31-12-16-18(27)22(4,29)20(33-16)25-11-10-17(26)23-21(25)36/h5-11,13-14,16,18,20,27,29H,12H2,1-4H3,(H,24,30)(H,23,26,36)/t14-,16+,18+,20+,22+,35+/m0/s1. The summed E-state index contributed by atoms with van der Waals surface area (Å²) in [5.74, 6) is -0.465. The molecule has 2 aromatic rings. The van der Waals surface area contributed by atoms with Gasteiger partial charge < -0.3 is 24.2 Å². The number of H-pyrrole nitrogens is 1. The Bertz CT molecular complexity index is 1220. The molecule has 1 aliphatic rings. The largest absolute Gasteiger partial charge is 0.462 e. The lowest BCUT2D eigenvalue weighted by Crippen LogP contribution is -2.45. The van der Waals surface area contributed by atoms with E-state index in [0.29, 0.717) is 0 Å². The number of nitrogens with zero attached hydrogens (tertiary/aromatic N) is 1. The van der Waals surface area contributed by atoms with E-state index in [0.717, 1.165) is 0 Å². The first-order valence-corrected chi connectivity index (χ1v) is 13.1. The molecule has 1 aromatic carbocycles. The lowest BCUT2D eigenvalue weighted by atomic mass is 9.96. The molecule has 14 heteroatoms. The quantitative estimate of drug-likeness (QED) is 0.197. The van der Waals surface area contributed by atoms with E-state index >= 15 is 0 Å². The average molecular weight is 544 g/mol. The van der Waals surface area contributed by atoms with Gasteiger partial charge >= 0.3 is 13.7 Å². The van der Waals surface area contributed by atoms with Crippen LogP contribution >= 0.6 is 20.0 Å².